The van der Waals surface area contributed by atoms with E-state index in [9.17, 15) is 8.78 Å². The number of rotatable bonds is 2. The van der Waals surface area contributed by atoms with E-state index in [2.05, 4.69) is 10.7 Å². The van der Waals surface area contributed by atoms with Gasteiger partial charge in [-0.05, 0) is 12.1 Å². The number of carbonyl (C=O) groups is 1. The summed E-state index contributed by atoms with van der Waals surface area (Å²) in [5, 5.41) is 0. The molecule has 0 aliphatic heterocycles. The molecule has 1 rings (SSSR count). The van der Waals surface area contributed by atoms with Crippen molar-refractivity contribution < 1.29 is 13.6 Å². The maximum absolute atomic E-state index is 11.9. The number of halogens is 2. The second-order valence-corrected chi connectivity index (χ2v) is 2.02. The maximum Gasteiger partial charge on any atom is 0.204 e. The Bertz CT molecular complexity index is 236. The molecule has 0 fully saturated rings. The van der Waals surface area contributed by atoms with Crippen LogP contribution in [0.2, 0.25) is 0 Å². The van der Waals surface area contributed by atoms with Gasteiger partial charge in [-0.25, -0.2) is 8.78 Å². The van der Waals surface area contributed by atoms with Crippen molar-refractivity contribution in [1.29, 1.82) is 0 Å². The number of carbonyl (C=O) groups excluding carboxylic acids is 1. The Morgan fingerprint density at radius 2 is 1.69 bits per heavy atom. The summed E-state index contributed by atoms with van der Waals surface area (Å²) in [7, 11) is 0. The zero-order valence-corrected chi connectivity index (χ0v) is 6.91. The normalized spacial score (nSPS) is 8.46. The van der Waals surface area contributed by atoms with Crippen LogP contribution in [-0.4, -0.2) is 11.4 Å². The van der Waals surface area contributed by atoms with Gasteiger partial charge in [0.1, 0.15) is 13.3 Å². The fraction of sp³-hybridized carbons (Fsp3) is 0.250. The Labute approximate surface area is 74.6 Å². The number of primary amides is 1. The number of aromatic nitrogens is 1. The summed E-state index contributed by atoms with van der Waals surface area (Å²) >= 11 is 0. The molecule has 72 valence electrons. The van der Waals surface area contributed by atoms with Crippen LogP contribution in [0.1, 0.15) is 11.4 Å². The number of alkyl halides is 2. The topological polar surface area (TPSA) is 56.0 Å². The highest BCUT2D eigenvalue weighted by Crippen LogP contribution is 2.01. The largest absolute Gasteiger partial charge is 0.372 e. The monoisotopic (exact) mass is 188 g/mol. The molecule has 13 heavy (non-hydrogen) atoms. The van der Waals surface area contributed by atoms with E-state index in [1.807, 2.05) is 0 Å². The predicted molar refractivity (Wildman–Crippen MR) is 44.1 cm³/mol. The lowest BCUT2D eigenvalue weighted by molar-refractivity contribution is -0.106. The van der Waals surface area contributed by atoms with Gasteiger partial charge in [0.15, 0.2) is 0 Å². The van der Waals surface area contributed by atoms with E-state index in [1.54, 1.807) is 6.07 Å². The maximum atomic E-state index is 11.9. The molecule has 0 saturated carbocycles. The summed E-state index contributed by atoms with van der Waals surface area (Å²) in [6.45, 7) is -1.26. The van der Waals surface area contributed by atoms with Gasteiger partial charge in [-0.15, -0.1) is 0 Å². The van der Waals surface area contributed by atoms with Crippen molar-refractivity contribution in [2.24, 2.45) is 5.73 Å². The molecule has 3 nitrogen and oxygen atoms in total. The second-order valence-electron chi connectivity index (χ2n) is 2.02. The van der Waals surface area contributed by atoms with Crippen molar-refractivity contribution in [3.8, 4) is 0 Å². The van der Waals surface area contributed by atoms with Crippen LogP contribution in [0.3, 0.4) is 0 Å². The summed E-state index contributed by atoms with van der Waals surface area (Å²) in [6.07, 6.45) is 0.250. The van der Waals surface area contributed by atoms with Gasteiger partial charge in [0.25, 0.3) is 0 Å². The fourth-order valence-electron chi connectivity index (χ4n) is 0.678. The quantitative estimate of drug-likeness (QED) is 0.707. The fourth-order valence-corrected chi connectivity index (χ4v) is 0.678. The van der Waals surface area contributed by atoms with Crippen molar-refractivity contribution in [2.45, 2.75) is 13.3 Å². The Hall–Kier alpha value is -1.52. The van der Waals surface area contributed by atoms with Crippen LogP contribution in [0.5, 0.6) is 0 Å². The van der Waals surface area contributed by atoms with Gasteiger partial charge in [-0.2, -0.15) is 0 Å². The highest BCUT2D eigenvalue weighted by Gasteiger charge is 1.94. The number of hydrogen-bond donors (Lipinski definition) is 1. The lowest BCUT2D eigenvalue weighted by Gasteiger charge is -1.94. The molecule has 1 aromatic heterocycles. The van der Waals surface area contributed by atoms with Gasteiger partial charge in [0.2, 0.25) is 6.41 Å². The third-order valence-corrected chi connectivity index (χ3v) is 1.14. The first-order chi connectivity index (χ1) is 6.28. The van der Waals surface area contributed by atoms with E-state index in [4.69, 9.17) is 4.79 Å². The average molecular weight is 188 g/mol. The molecule has 0 unspecified atom stereocenters. The molecule has 0 aliphatic rings. The van der Waals surface area contributed by atoms with Crippen molar-refractivity contribution in [3.05, 3.63) is 29.6 Å². The predicted octanol–water partition coefficient (Wildman–Crippen LogP) is 1.12. The molecule has 2 N–H and O–H groups in total. The number of hydrogen-bond acceptors (Lipinski definition) is 2. The molecule has 0 atom stereocenters. The van der Waals surface area contributed by atoms with E-state index >= 15 is 0 Å². The summed E-state index contributed by atoms with van der Waals surface area (Å²) in [6, 6.07) is 4.65. The van der Waals surface area contributed by atoms with Gasteiger partial charge in [0.05, 0.1) is 11.4 Å². The lowest BCUT2D eigenvalue weighted by Crippen LogP contribution is -1.89. The van der Waals surface area contributed by atoms with Gasteiger partial charge in [0, 0.05) is 0 Å². The van der Waals surface area contributed by atoms with E-state index in [0.717, 1.165) is 0 Å². The van der Waals surface area contributed by atoms with Crippen LogP contribution < -0.4 is 5.73 Å². The van der Waals surface area contributed by atoms with Crippen molar-refractivity contribution >= 4 is 6.41 Å². The minimum Gasteiger partial charge on any atom is -0.372 e. The molecule has 1 heterocycles. The van der Waals surface area contributed by atoms with Crippen LogP contribution in [0.4, 0.5) is 8.78 Å². The summed E-state index contributed by atoms with van der Waals surface area (Å²) < 4.78 is 23.7. The first-order valence-electron chi connectivity index (χ1n) is 3.50. The van der Waals surface area contributed by atoms with E-state index in [-0.39, 0.29) is 17.8 Å². The summed E-state index contributed by atoms with van der Waals surface area (Å²) in [4.78, 5) is 12.2. The van der Waals surface area contributed by atoms with Crippen molar-refractivity contribution in [3.63, 3.8) is 0 Å². The van der Waals surface area contributed by atoms with Crippen LogP contribution in [0.25, 0.3) is 0 Å². The van der Waals surface area contributed by atoms with Gasteiger partial charge in [-0.1, -0.05) is 6.07 Å². The van der Waals surface area contributed by atoms with Gasteiger partial charge < -0.3 is 5.73 Å². The molecular formula is C8H10F2N2O. The molecular weight excluding hydrogens is 178 g/mol. The zero-order valence-electron chi connectivity index (χ0n) is 6.91. The Morgan fingerprint density at radius 3 is 2.00 bits per heavy atom. The molecule has 0 radical (unpaired) electrons. The highest BCUT2D eigenvalue weighted by atomic mass is 19.1. The SMILES string of the molecule is FCc1cccc(CF)n1.NC=O. The minimum absolute atomic E-state index is 0.250. The van der Waals surface area contributed by atoms with Crippen LogP contribution >= 0.6 is 0 Å². The molecule has 1 aromatic rings. The Balaban J connectivity index is 0.000000424. The third kappa shape index (κ3) is 4.84. The van der Waals surface area contributed by atoms with Crippen LogP contribution in [0.15, 0.2) is 18.2 Å². The summed E-state index contributed by atoms with van der Waals surface area (Å²) in [5.74, 6) is 0. The smallest absolute Gasteiger partial charge is 0.204 e. The first-order valence-corrected chi connectivity index (χ1v) is 3.50. The molecule has 0 spiro atoms. The molecule has 1 amide bonds. The second kappa shape index (κ2) is 7.15. The standard InChI is InChI=1S/C7H7F2N.CH3NO/c8-4-6-2-1-3-7(5-9)10-6;2-1-3/h1-3H,4-5H2;1H,(H2,2,3). The lowest BCUT2D eigenvalue weighted by atomic mass is 10.3. The third-order valence-electron chi connectivity index (χ3n) is 1.14. The van der Waals surface area contributed by atoms with E-state index < -0.39 is 13.3 Å². The van der Waals surface area contributed by atoms with Crippen molar-refractivity contribution in [2.75, 3.05) is 0 Å². The molecule has 0 aromatic carbocycles. The number of nitrogens with two attached hydrogens (primary N) is 1. The first kappa shape index (κ1) is 11.5. The Kier molecular flexibility index (Phi) is 6.31. The van der Waals surface area contributed by atoms with Gasteiger partial charge in [-0.3, -0.25) is 9.78 Å². The summed E-state index contributed by atoms with van der Waals surface area (Å²) in [5.41, 5.74) is 4.74. The van der Waals surface area contributed by atoms with Crippen LogP contribution in [-0.2, 0) is 18.1 Å². The number of amides is 1. The molecule has 0 bridgehead atoms. The number of pyridine rings is 1. The van der Waals surface area contributed by atoms with Crippen LogP contribution in [0, 0.1) is 0 Å². The highest BCUT2D eigenvalue weighted by molar-refractivity contribution is 5.42. The number of nitrogens with zero attached hydrogens (tertiary/aromatic N) is 1. The Morgan fingerprint density at radius 1 is 1.31 bits per heavy atom. The molecule has 0 saturated heterocycles. The molecule has 0 aliphatic carbocycles. The minimum atomic E-state index is -0.631. The van der Waals surface area contributed by atoms with Gasteiger partial charge >= 0.3 is 0 Å². The molecule has 5 heteroatoms. The van der Waals surface area contributed by atoms with Crippen molar-refractivity contribution in [1.82, 2.24) is 4.98 Å². The van der Waals surface area contributed by atoms with E-state index in [0.29, 0.717) is 0 Å². The zero-order chi connectivity index (χ0) is 10.1. The average Bonchev–Trinajstić information content (AvgIpc) is 2.19. The van der Waals surface area contributed by atoms with E-state index in [1.165, 1.54) is 12.1 Å².